The summed E-state index contributed by atoms with van der Waals surface area (Å²) in [6, 6.07) is 15.2. The minimum Gasteiger partial charge on any atom is -0.331 e. The second kappa shape index (κ2) is 8.52. The lowest BCUT2D eigenvalue weighted by Crippen LogP contribution is -2.42. The Morgan fingerprint density at radius 1 is 1.07 bits per heavy atom. The van der Waals surface area contributed by atoms with Crippen molar-refractivity contribution in [2.24, 2.45) is 0 Å². The highest BCUT2D eigenvalue weighted by Gasteiger charge is 2.35. The van der Waals surface area contributed by atoms with Gasteiger partial charge in [0.15, 0.2) is 0 Å². The average Bonchev–Trinajstić information content (AvgIpc) is 3.58. The first-order valence-corrected chi connectivity index (χ1v) is 12.3. The molecule has 2 fully saturated rings. The van der Waals surface area contributed by atoms with Gasteiger partial charge in [-0.1, -0.05) is 42.8 Å². The molecule has 1 unspecified atom stereocenters. The molecule has 1 heterocycles. The van der Waals surface area contributed by atoms with Crippen molar-refractivity contribution in [2.45, 2.75) is 69.5 Å². The largest absolute Gasteiger partial charge is 0.331 e. The molecule has 0 N–H and O–H groups in total. The van der Waals surface area contributed by atoms with Crippen LogP contribution in [0.3, 0.4) is 0 Å². The molecular weight excluding hydrogens is 396 g/mol. The Bertz CT molecular complexity index is 1020. The van der Waals surface area contributed by atoms with Gasteiger partial charge in [-0.2, -0.15) is 4.31 Å². The zero-order valence-corrected chi connectivity index (χ0v) is 18.6. The Hall–Kier alpha value is -2.18. The van der Waals surface area contributed by atoms with Crippen molar-refractivity contribution >= 4 is 15.9 Å². The molecule has 2 aliphatic rings. The predicted molar refractivity (Wildman–Crippen MR) is 118 cm³/mol. The second-order valence-corrected chi connectivity index (χ2v) is 10.5. The van der Waals surface area contributed by atoms with Gasteiger partial charge >= 0.3 is 0 Å². The molecule has 6 heteroatoms. The summed E-state index contributed by atoms with van der Waals surface area (Å²) in [4.78, 5) is 15.6. The van der Waals surface area contributed by atoms with Crippen molar-refractivity contribution in [3.8, 4) is 0 Å². The molecule has 0 spiro atoms. The van der Waals surface area contributed by atoms with E-state index in [1.165, 1.54) is 0 Å². The van der Waals surface area contributed by atoms with E-state index in [9.17, 15) is 13.2 Å². The third-order valence-corrected chi connectivity index (χ3v) is 8.24. The van der Waals surface area contributed by atoms with Crippen LogP contribution in [0.4, 0.5) is 0 Å². The van der Waals surface area contributed by atoms with E-state index in [4.69, 9.17) is 0 Å². The number of nitrogens with zero attached hydrogens (tertiary/aromatic N) is 2. The second-order valence-electron chi connectivity index (χ2n) is 8.59. The minimum absolute atomic E-state index is 0.00903. The quantitative estimate of drug-likeness (QED) is 0.689. The van der Waals surface area contributed by atoms with E-state index in [2.05, 4.69) is 0 Å². The molecule has 0 radical (unpaired) electrons. The third-order valence-electron chi connectivity index (χ3n) is 6.23. The molecular formula is C24H30N2O3S. The van der Waals surface area contributed by atoms with Crippen LogP contribution in [-0.2, 0) is 16.6 Å². The van der Waals surface area contributed by atoms with Crippen molar-refractivity contribution in [2.75, 3.05) is 6.54 Å². The summed E-state index contributed by atoms with van der Waals surface area (Å²) in [7, 11) is -3.61. The van der Waals surface area contributed by atoms with E-state index >= 15 is 0 Å². The standard InChI is InChI=1S/C24H30N2O3S/c1-18-11-14-22(30(28,29)26-15-7-6-8-19(26)2)16-23(18)24(27)25(21-12-13-21)17-20-9-4-3-5-10-20/h3-5,9-11,14,16,19,21H,6-8,12-13,15,17H2,1-2H3. The lowest BCUT2D eigenvalue weighted by Gasteiger charge is -2.32. The molecule has 1 saturated heterocycles. The van der Waals surface area contributed by atoms with Gasteiger partial charge < -0.3 is 4.90 Å². The molecule has 30 heavy (non-hydrogen) atoms. The maximum atomic E-state index is 13.5. The summed E-state index contributed by atoms with van der Waals surface area (Å²) in [6.07, 6.45) is 4.82. The van der Waals surface area contributed by atoms with Gasteiger partial charge in [-0.25, -0.2) is 8.42 Å². The molecule has 1 aliphatic carbocycles. The summed E-state index contributed by atoms with van der Waals surface area (Å²) >= 11 is 0. The van der Waals surface area contributed by atoms with Crippen molar-refractivity contribution in [1.29, 1.82) is 0 Å². The molecule has 5 nitrogen and oxygen atoms in total. The van der Waals surface area contributed by atoms with Crippen molar-refractivity contribution in [1.82, 2.24) is 9.21 Å². The van der Waals surface area contributed by atoms with Crippen LogP contribution < -0.4 is 0 Å². The van der Waals surface area contributed by atoms with Gasteiger partial charge in [-0.15, -0.1) is 0 Å². The van der Waals surface area contributed by atoms with Gasteiger partial charge in [-0.3, -0.25) is 4.79 Å². The van der Waals surface area contributed by atoms with Crippen molar-refractivity contribution in [3.63, 3.8) is 0 Å². The fourth-order valence-electron chi connectivity index (χ4n) is 4.24. The van der Waals surface area contributed by atoms with E-state index in [1.807, 2.05) is 49.1 Å². The van der Waals surface area contributed by atoms with Crippen molar-refractivity contribution < 1.29 is 13.2 Å². The van der Waals surface area contributed by atoms with Gasteiger partial charge in [0.2, 0.25) is 10.0 Å². The van der Waals surface area contributed by atoms with Gasteiger partial charge in [-0.05, 0) is 62.8 Å². The van der Waals surface area contributed by atoms with Gasteiger partial charge in [0.25, 0.3) is 5.91 Å². The fourth-order valence-corrected chi connectivity index (χ4v) is 5.97. The molecule has 1 atom stereocenters. The summed E-state index contributed by atoms with van der Waals surface area (Å²) in [5.41, 5.74) is 2.38. The van der Waals surface area contributed by atoms with Crippen LogP contribution in [0.1, 0.15) is 60.5 Å². The Morgan fingerprint density at radius 3 is 2.47 bits per heavy atom. The number of hydrogen-bond donors (Lipinski definition) is 0. The summed E-state index contributed by atoms with van der Waals surface area (Å²) in [5.74, 6) is -0.0809. The summed E-state index contributed by atoms with van der Waals surface area (Å²) in [5, 5.41) is 0. The van der Waals surface area contributed by atoms with E-state index in [0.717, 1.165) is 43.2 Å². The molecule has 1 amide bonds. The SMILES string of the molecule is Cc1ccc(S(=O)(=O)N2CCCCC2C)cc1C(=O)N(Cc1ccccc1)C1CC1. The minimum atomic E-state index is -3.61. The number of benzene rings is 2. The molecule has 2 aromatic rings. The predicted octanol–water partition coefficient (Wildman–Crippen LogP) is 4.36. The Labute approximate surface area is 179 Å². The highest BCUT2D eigenvalue weighted by molar-refractivity contribution is 7.89. The highest BCUT2D eigenvalue weighted by atomic mass is 32.2. The molecule has 160 valence electrons. The molecule has 4 rings (SSSR count). The molecule has 0 bridgehead atoms. The lowest BCUT2D eigenvalue weighted by molar-refractivity contribution is 0.0729. The summed E-state index contributed by atoms with van der Waals surface area (Å²) < 4.78 is 28.2. The number of hydrogen-bond acceptors (Lipinski definition) is 3. The highest BCUT2D eigenvalue weighted by Crippen LogP contribution is 2.32. The smallest absolute Gasteiger partial charge is 0.254 e. The Kier molecular flexibility index (Phi) is 5.98. The van der Waals surface area contributed by atoms with Crippen LogP contribution in [-0.4, -0.2) is 42.2 Å². The van der Waals surface area contributed by atoms with Crippen LogP contribution >= 0.6 is 0 Å². The molecule has 1 aliphatic heterocycles. The van der Waals surface area contributed by atoms with Crippen LogP contribution in [0.2, 0.25) is 0 Å². The summed E-state index contributed by atoms with van der Waals surface area (Å²) in [6.45, 7) is 4.93. The maximum Gasteiger partial charge on any atom is 0.254 e. The van der Waals surface area contributed by atoms with Gasteiger partial charge in [0.05, 0.1) is 4.90 Å². The monoisotopic (exact) mass is 426 g/mol. The van der Waals surface area contributed by atoms with E-state index < -0.39 is 10.0 Å². The van der Waals surface area contributed by atoms with E-state index in [0.29, 0.717) is 18.7 Å². The first kappa shape index (κ1) is 21.1. The topological polar surface area (TPSA) is 57.7 Å². The number of sulfonamides is 1. The van der Waals surface area contributed by atoms with E-state index in [1.54, 1.807) is 22.5 Å². The zero-order valence-electron chi connectivity index (χ0n) is 17.8. The number of piperidine rings is 1. The molecule has 2 aromatic carbocycles. The number of carbonyl (C=O) groups is 1. The zero-order chi connectivity index (χ0) is 21.3. The number of rotatable bonds is 6. The average molecular weight is 427 g/mol. The van der Waals surface area contributed by atoms with Crippen LogP contribution in [0.5, 0.6) is 0 Å². The molecule has 1 saturated carbocycles. The fraction of sp³-hybridized carbons (Fsp3) is 0.458. The number of aryl methyl sites for hydroxylation is 1. The van der Waals surface area contributed by atoms with Gasteiger partial charge in [0.1, 0.15) is 0 Å². The van der Waals surface area contributed by atoms with Crippen molar-refractivity contribution in [3.05, 3.63) is 65.2 Å². The van der Waals surface area contributed by atoms with E-state index in [-0.39, 0.29) is 22.9 Å². The maximum absolute atomic E-state index is 13.5. The van der Waals surface area contributed by atoms with Gasteiger partial charge in [0, 0.05) is 30.7 Å². The lowest BCUT2D eigenvalue weighted by atomic mass is 10.1. The Morgan fingerprint density at radius 2 is 1.80 bits per heavy atom. The molecule has 0 aromatic heterocycles. The van der Waals surface area contributed by atoms with Crippen LogP contribution in [0, 0.1) is 6.92 Å². The van der Waals surface area contributed by atoms with Crippen LogP contribution in [0.25, 0.3) is 0 Å². The first-order valence-electron chi connectivity index (χ1n) is 10.9. The first-order chi connectivity index (χ1) is 14.4. The normalized spacial score (nSPS) is 20.1. The Balaban J connectivity index is 1.64. The van der Waals surface area contributed by atoms with Crippen LogP contribution in [0.15, 0.2) is 53.4 Å². The number of amides is 1. The number of carbonyl (C=O) groups excluding carboxylic acids is 1. The third kappa shape index (κ3) is 4.30.